The van der Waals surface area contributed by atoms with Crippen molar-refractivity contribution in [3.8, 4) is 6.07 Å². The minimum absolute atomic E-state index is 0.0263. The minimum Gasteiger partial charge on any atom is -0.455 e. The van der Waals surface area contributed by atoms with Crippen molar-refractivity contribution >= 4 is 17.8 Å². The van der Waals surface area contributed by atoms with Crippen molar-refractivity contribution in [3.05, 3.63) is 0 Å². The summed E-state index contributed by atoms with van der Waals surface area (Å²) < 4.78 is 18.6. The van der Waals surface area contributed by atoms with E-state index < -0.39 is 23.6 Å². The largest absolute Gasteiger partial charge is 0.455 e. The summed E-state index contributed by atoms with van der Waals surface area (Å²) in [6, 6.07) is 1.27. The second kappa shape index (κ2) is 9.08. The van der Waals surface area contributed by atoms with Crippen molar-refractivity contribution in [2.24, 2.45) is 5.41 Å². The third-order valence-corrected chi connectivity index (χ3v) is 5.54. The lowest BCUT2D eigenvalue weighted by Crippen LogP contribution is -2.55. The highest BCUT2D eigenvalue weighted by Crippen LogP contribution is 2.23. The van der Waals surface area contributed by atoms with Crippen LogP contribution < -0.4 is 5.32 Å². The van der Waals surface area contributed by atoms with Gasteiger partial charge < -0.3 is 19.9 Å². The first-order valence-corrected chi connectivity index (χ1v) is 9.98. The number of alkyl halides is 1. The second-order valence-corrected chi connectivity index (χ2v) is 9.15. The van der Waals surface area contributed by atoms with E-state index in [1.165, 1.54) is 4.90 Å². The first-order chi connectivity index (χ1) is 13.4. The van der Waals surface area contributed by atoms with Crippen molar-refractivity contribution in [3.63, 3.8) is 0 Å². The molecule has 0 bridgehead atoms. The number of ether oxygens (including phenoxy) is 1. The van der Waals surface area contributed by atoms with E-state index in [4.69, 9.17) is 10.00 Å². The van der Waals surface area contributed by atoms with Gasteiger partial charge in [-0.2, -0.15) is 5.26 Å². The molecule has 2 atom stereocenters. The number of rotatable bonds is 5. The Morgan fingerprint density at radius 3 is 2.41 bits per heavy atom. The molecule has 9 heteroatoms. The minimum atomic E-state index is -1.15. The molecule has 0 aromatic rings. The Kier molecular flexibility index (Phi) is 7.22. The molecule has 2 aliphatic heterocycles. The van der Waals surface area contributed by atoms with Crippen LogP contribution in [-0.4, -0.2) is 78.1 Å². The maximum Gasteiger partial charge on any atom is 0.311 e. The Labute approximate surface area is 171 Å². The molecule has 2 saturated heterocycles. The van der Waals surface area contributed by atoms with Gasteiger partial charge in [0.05, 0.1) is 24.6 Å². The van der Waals surface area contributed by atoms with Crippen LogP contribution in [0.4, 0.5) is 4.39 Å². The first-order valence-electron chi connectivity index (χ1n) is 9.98. The Morgan fingerprint density at radius 1 is 1.24 bits per heavy atom. The normalized spacial score (nSPS) is 24.1. The fourth-order valence-corrected chi connectivity index (χ4v) is 3.43. The number of hydrogen-bond donors (Lipinski definition) is 1. The molecule has 0 radical (unpaired) electrons. The molecule has 2 heterocycles. The third-order valence-electron chi connectivity index (χ3n) is 5.54. The summed E-state index contributed by atoms with van der Waals surface area (Å²) in [5, 5.41) is 12.3. The van der Waals surface area contributed by atoms with E-state index in [-0.39, 0.29) is 43.5 Å². The predicted molar refractivity (Wildman–Crippen MR) is 103 cm³/mol. The van der Waals surface area contributed by atoms with Gasteiger partial charge in [-0.05, 0) is 40.5 Å². The fourth-order valence-electron chi connectivity index (χ4n) is 3.43. The quantitative estimate of drug-likeness (QED) is 0.679. The number of halogens is 1. The van der Waals surface area contributed by atoms with Gasteiger partial charge >= 0.3 is 5.97 Å². The van der Waals surface area contributed by atoms with Crippen LogP contribution in [0.3, 0.4) is 0 Å². The third kappa shape index (κ3) is 6.13. The lowest BCUT2D eigenvalue weighted by molar-refractivity contribution is -0.159. The molecule has 2 amide bonds. The summed E-state index contributed by atoms with van der Waals surface area (Å²) in [4.78, 5) is 39.4. The van der Waals surface area contributed by atoms with Crippen LogP contribution in [0.5, 0.6) is 0 Å². The summed E-state index contributed by atoms with van der Waals surface area (Å²) in [7, 11) is 0. The number of carbonyl (C=O) groups is 3. The lowest BCUT2D eigenvalue weighted by atomic mass is 9.89. The van der Waals surface area contributed by atoms with E-state index >= 15 is 0 Å². The van der Waals surface area contributed by atoms with E-state index in [9.17, 15) is 18.8 Å². The van der Waals surface area contributed by atoms with Crippen LogP contribution >= 0.6 is 0 Å². The van der Waals surface area contributed by atoms with Crippen molar-refractivity contribution in [1.29, 1.82) is 5.26 Å². The average molecular weight is 410 g/mol. The van der Waals surface area contributed by atoms with Crippen LogP contribution in [0.25, 0.3) is 0 Å². The van der Waals surface area contributed by atoms with E-state index in [1.54, 1.807) is 25.7 Å². The van der Waals surface area contributed by atoms with Crippen molar-refractivity contribution in [2.45, 2.75) is 64.7 Å². The van der Waals surface area contributed by atoms with Crippen LogP contribution in [0.2, 0.25) is 0 Å². The molecule has 29 heavy (non-hydrogen) atoms. The maximum atomic E-state index is 13.5. The maximum absolute atomic E-state index is 13.5. The number of carbonyl (C=O) groups excluding carboxylic acids is 3. The van der Waals surface area contributed by atoms with Crippen LogP contribution in [0, 0.1) is 16.7 Å². The monoisotopic (exact) mass is 410 g/mol. The topological polar surface area (TPSA) is 103 Å². The molecule has 0 unspecified atom stereocenters. The molecule has 1 N–H and O–H groups in total. The zero-order chi connectivity index (χ0) is 21.8. The smallest absolute Gasteiger partial charge is 0.311 e. The average Bonchev–Trinajstić information content (AvgIpc) is 3.04. The highest BCUT2D eigenvalue weighted by Gasteiger charge is 2.37. The van der Waals surface area contributed by atoms with Crippen LogP contribution in [0.1, 0.15) is 47.0 Å². The summed E-state index contributed by atoms with van der Waals surface area (Å²) in [5.74, 6) is -0.935. The molecule has 0 aromatic carbocycles. The van der Waals surface area contributed by atoms with Gasteiger partial charge in [0.1, 0.15) is 12.2 Å². The van der Waals surface area contributed by atoms with Gasteiger partial charge in [0.2, 0.25) is 5.91 Å². The Bertz CT molecular complexity index is 677. The summed E-state index contributed by atoms with van der Waals surface area (Å²) in [6.45, 7) is 7.86. The first kappa shape index (κ1) is 23.1. The molecular formula is C20H31FN4O4. The van der Waals surface area contributed by atoms with Crippen molar-refractivity contribution < 1.29 is 23.5 Å². The van der Waals surface area contributed by atoms with Crippen LogP contribution in [-0.2, 0) is 19.1 Å². The zero-order valence-electron chi connectivity index (χ0n) is 17.7. The number of hydrogen-bond acceptors (Lipinski definition) is 6. The highest BCUT2D eigenvalue weighted by molar-refractivity contribution is 5.82. The standard InChI is InChI=1S/C20H31FN4O4/c1-19(2,3)18(28)29-13-17(27)24-7-5-20(4,6-8-24)23-11-16(26)25-12-14(21)9-15(25)10-22/h14-15,23H,5-9,11-13H2,1-4H3/t14-,15-/m0/s1. The Hall–Kier alpha value is -2.21. The van der Waals surface area contributed by atoms with Gasteiger partial charge in [-0.3, -0.25) is 14.4 Å². The Morgan fingerprint density at radius 2 is 1.86 bits per heavy atom. The van der Waals surface area contributed by atoms with Crippen molar-refractivity contribution in [2.75, 3.05) is 32.8 Å². The number of amides is 2. The highest BCUT2D eigenvalue weighted by atomic mass is 19.1. The van der Waals surface area contributed by atoms with Gasteiger partial charge in [-0.25, -0.2) is 4.39 Å². The Balaban J connectivity index is 1.77. The molecular weight excluding hydrogens is 379 g/mol. The molecule has 2 fully saturated rings. The van der Waals surface area contributed by atoms with Crippen LogP contribution in [0.15, 0.2) is 0 Å². The number of piperidine rings is 1. The number of esters is 1. The summed E-state index contributed by atoms with van der Waals surface area (Å²) in [5.41, 5.74) is -0.995. The van der Waals surface area contributed by atoms with Gasteiger partial charge in [-0.1, -0.05) is 0 Å². The van der Waals surface area contributed by atoms with E-state index in [0.717, 1.165) is 0 Å². The van der Waals surface area contributed by atoms with Gasteiger partial charge in [-0.15, -0.1) is 0 Å². The second-order valence-electron chi connectivity index (χ2n) is 9.15. The van der Waals surface area contributed by atoms with Crippen molar-refractivity contribution in [1.82, 2.24) is 15.1 Å². The van der Waals surface area contributed by atoms with E-state index in [1.807, 2.05) is 13.0 Å². The lowest BCUT2D eigenvalue weighted by Gasteiger charge is -2.40. The van der Waals surface area contributed by atoms with E-state index in [2.05, 4.69) is 5.32 Å². The molecule has 0 spiro atoms. The van der Waals surface area contributed by atoms with E-state index in [0.29, 0.717) is 25.9 Å². The molecule has 8 nitrogen and oxygen atoms in total. The van der Waals surface area contributed by atoms with Gasteiger partial charge in [0.15, 0.2) is 6.61 Å². The molecule has 0 aliphatic carbocycles. The zero-order valence-corrected chi connectivity index (χ0v) is 17.7. The predicted octanol–water partition coefficient (Wildman–Crippen LogP) is 1.01. The molecule has 0 aromatic heterocycles. The SMILES string of the molecule is CC1(NCC(=O)N2C[C@@H](F)C[C@H]2C#N)CCN(C(=O)COC(=O)C(C)(C)C)CC1. The fraction of sp³-hybridized carbons (Fsp3) is 0.800. The number of likely N-dealkylation sites (tertiary alicyclic amines) is 2. The molecule has 2 aliphatic rings. The van der Waals surface area contributed by atoms with Gasteiger partial charge in [0, 0.05) is 25.0 Å². The number of nitriles is 1. The molecule has 0 saturated carbocycles. The molecule has 162 valence electrons. The molecule has 2 rings (SSSR count). The summed E-state index contributed by atoms with van der Waals surface area (Å²) >= 11 is 0. The number of nitrogens with one attached hydrogen (secondary N) is 1. The summed E-state index contributed by atoms with van der Waals surface area (Å²) in [6.07, 6.45) is 0.177. The number of nitrogens with zero attached hydrogens (tertiary/aromatic N) is 3. The van der Waals surface area contributed by atoms with Gasteiger partial charge in [0.25, 0.3) is 5.91 Å².